The first kappa shape index (κ1) is 44.4. The fourth-order valence-electron chi connectivity index (χ4n) is 17.9. The van der Waals surface area contributed by atoms with Crippen LogP contribution in [0.3, 0.4) is 0 Å². The fraction of sp³-hybridized carbons (Fsp3) is 0.960. The molecule has 20 unspecified atom stereocenters. The van der Waals surface area contributed by atoms with Crippen LogP contribution in [0.4, 0.5) is 0 Å². The van der Waals surface area contributed by atoms with Crippen molar-refractivity contribution in [2.75, 3.05) is 7.11 Å². The molecule has 9 heteroatoms. The minimum absolute atomic E-state index is 0.170. The average molecular weight is 827 g/mol. The standard InChI is InChI=1S/C50H82O9/c1-28(36-14-16-38-34-12-10-30-24-32(51)20-22-47(30,3)40(34)26-42(53)49(36,38)5)8-18-44(55)58-46(57-7)59-45(56)19-9-29(2)37-15-17-39-35-13-11-31-25-33(52)21-23-48(31,4)41(35)27-43(54)50(37,39)6/h28-43,46,51-54H,8-27H2,1-7H3. The van der Waals surface area contributed by atoms with Gasteiger partial charge in [-0.05, 0) is 208 Å². The van der Waals surface area contributed by atoms with Gasteiger partial charge in [0.15, 0.2) is 0 Å². The summed E-state index contributed by atoms with van der Waals surface area (Å²) in [6.07, 6.45) is 17.2. The molecule has 4 N–H and O–H groups in total. The van der Waals surface area contributed by atoms with E-state index < -0.39 is 18.4 Å². The Morgan fingerprint density at radius 3 is 1.36 bits per heavy atom. The molecule has 0 aliphatic heterocycles. The Morgan fingerprint density at radius 2 is 0.966 bits per heavy atom. The first-order valence-electron chi connectivity index (χ1n) is 24.6. The van der Waals surface area contributed by atoms with Gasteiger partial charge in [-0.3, -0.25) is 9.59 Å². The van der Waals surface area contributed by atoms with Crippen molar-refractivity contribution in [1.29, 1.82) is 0 Å². The van der Waals surface area contributed by atoms with E-state index in [1.54, 1.807) is 0 Å². The molecule has 0 bridgehead atoms. The van der Waals surface area contributed by atoms with Crippen molar-refractivity contribution in [3.8, 4) is 0 Å². The van der Waals surface area contributed by atoms with Crippen LogP contribution in [0.15, 0.2) is 0 Å². The van der Waals surface area contributed by atoms with Gasteiger partial charge in [0, 0.05) is 20.0 Å². The second-order valence-corrected chi connectivity index (χ2v) is 23.3. The topological polar surface area (TPSA) is 143 Å². The van der Waals surface area contributed by atoms with E-state index in [0.29, 0.717) is 72.0 Å². The summed E-state index contributed by atoms with van der Waals surface area (Å²) in [7, 11) is 1.39. The smallest absolute Gasteiger partial charge is 0.364 e. The van der Waals surface area contributed by atoms with Crippen molar-refractivity contribution in [1.82, 2.24) is 0 Å². The lowest BCUT2D eigenvalue weighted by molar-refractivity contribution is -0.257. The number of rotatable bonds is 11. The van der Waals surface area contributed by atoms with Crippen LogP contribution in [0.5, 0.6) is 0 Å². The molecule has 8 aliphatic carbocycles. The first-order chi connectivity index (χ1) is 27.9. The highest BCUT2D eigenvalue weighted by Gasteiger charge is 2.65. The largest absolute Gasteiger partial charge is 0.400 e. The summed E-state index contributed by atoms with van der Waals surface area (Å²) in [5.41, 5.74) is 0.0721. The lowest BCUT2D eigenvalue weighted by Gasteiger charge is -2.62. The SMILES string of the molecule is COC(OC(=O)CCC(C)C1CCC2C3CCC4CC(O)CCC4(C)C3CC(O)C12C)OC(=O)CCC(C)C1CCC2C3CCC4CC(O)CCC4(C)C3CC(O)C12C. The van der Waals surface area contributed by atoms with Crippen molar-refractivity contribution in [3.63, 3.8) is 0 Å². The van der Waals surface area contributed by atoms with Crippen molar-refractivity contribution >= 4 is 11.9 Å². The quantitative estimate of drug-likeness (QED) is 0.119. The van der Waals surface area contributed by atoms with E-state index in [0.717, 1.165) is 77.0 Å². The summed E-state index contributed by atoms with van der Waals surface area (Å²) >= 11 is 0. The van der Waals surface area contributed by atoms with Gasteiger partial charge in [-0.2, -0.15) is 0 Å². The van der Waals surface area contributed by atoms with Gasteiger partial charge in [0.25, 0.3) is 0 Å². The molecule has 0 spiro atoms. The minimum atomic E-state index is -1.38. The Balaban J connectivity index is 0.800. The average Bonchev–Trinajstić information content (AvgIpc) is 3.76. The summed E-state index contributed by atoms with van der Waals surface area (Å²) in [5.74, 6) is 4.58. The molecule has 0 aromatic carbocycles. The second-order valence-electron chi connectivity index (χ2n) is 23.3. The molecule has 8 saturated carbocycles. The van der Waals surface area contributed by atoms with Crippen LogP contribution < -0.4 is 0 Å². The highest BCUT2D eigenvalue weighted by atomic mass is 16.9. The van der Waals surface area contributed by atoms with Crippen molar-refractivity contribution in [3.05, 3.63) is 0 Å². The third-order valence-corrected chi connectivity index (χ3v) is 21.3. The maximum atomic E-state index is 13.2. The number of aliphatic hydroxyl groups is 4. The summed E-state index contributed by atoms with van der Waals surface area (Å²) in [6.45, 7) is 12.6. The Bertz CT molecular complexity index is 1410. The van der Waals surface area contributed by atoms with Gasteiger partial charge in [-0.1, -0.05) is 41.5 Å². The molecule has 0 aromatic rings. The summed E-state index contributed by atoms with van der Waals surface area (Å²) in [6, 6.07) is 0. The van der Waals surface area contributed by atoms with Crippen molar-refractivity contribution < 1.29 is 44.2 Å². The summed E-state index contributed by atoms with van der Waals surface area (Å²) in [5, 5.41) is 44.8. The van der Waals surface area contributed by atoms with Gasteiger partial charge in [0.05, 0.1) is 24.4 Å². The molecule has 0 saturated heterocycles. The van der Waals surface area contributed by atoms with Gasteiger partial charge in [-0.25, -0.2) is 0 Å². The van der Waals surface area contributed by atoms with E-state index >= 15 is 0 Å². The van der Waals surface area contributed by atoms with Gasteiger partial charge < -0.3 is 34.6 Å². The fourth-order valence-corrected chi connectivity index (χ4v) is 17.9. The lowest BCUT2D eigenvalue weighted by Crippen LogP contribution is -2.58. The maximum Gasteiger partial charge on any atom is 0.364 e. The van der Waals surface area contributed by atoms with Crippen molar-refractivity contribution in [2.24, 2.45) is 92.7 Å². The first-order valence-corrected chi connectivity index (χ1v) is 24.6. The summed E-state index contributed by atoms with van der Waals surface area (Å²) in [4.78, 5) is 26.4. The summed E-state index contributed by atoms with van der Waals surface area (Å²) < 4.78 is 16.5. The van der Waals surface area contributed by atoms with Crippen LogP contribution >= 0.6 is 0 Å². The predicted molar refractivity (Wildman–Crippen MR) is 225 cm³/mol. The number of hydrogen-bond acceptors (Lipinski definition) is 9. The highest BCUT2D eigenvalue weighted by molar-refractivity contribution is 5.71. The zero-order chi connectivity index (χ0) is 42.2. The van der Waals surface area contributed by atoms with E-state index in [1.165, 1.54) is 32.8 Å². The van der Waals surface area contributed by atoms with Gasteiger partial charge in [0.2, 0.25) is 0 Å². The van der Waals surface area contributed by atoms with Crippen LogP contribution in [0, 0.1) is 92.7 Å². The Hall–Kier alpha value is -1.26. The van der Waals surface area contributed by atoms with Crippen LogP contribution in [0.2, 0.25) is 0 Å². The zero-order valence-electron chi connectivity index (χ0n) is 37.8. The molecule has 8 fully saturated rings. The van der Waals surface area contributed by atoms with E-state index in [2.05, 4.69) is 41.5 Å². The molecular weight excluding hydrogens is 745 g/mol. The molecule has 20 atom stereocenters. The molecule has 8 aliphatic rings. The monoisotopic (exact) mass is 827 g/mol. The minimum Gasteiger partial charge on any atom is -0.400 e. The molecule has 0 aromatic heterocycles. The van der Waals surface area contributed by atoms with Crippen LogP contribution in [0.25, 0.3) is 0 Å². The molecule has 8 rings (SSSR count). The van der Waals surface area contributed by atoms with E-state index in [1.807, 2.05) is 0 Å². The Kier molecular flexibility index (Phi) is 12.6. The Morgan fingerprint density at radius 1 is 0.559 bits per heavy atom. The van der Waals surface area contributed by atoms with E-state index in [9.17, 15) is 30.0 Å². The Labute approximate surface area is 355 Å². The zero-order valence-corrected chi connectivity index (χ0v) is 37.8. The maximum absolute atomic E-state index is 13.2. The molecular formula is C50H82O9. The molecule has 0 radical (unpaired) electrons. The normalized spacial score (nSPS) is 50.4. The number of ether oxygens (including phenoxy) is 3. The van der Waals surface area contributed by atoms with Crippen LogP contribution in [0.1, 0.15) is 170 Å². The molecule has 0 heterocycles. The second kappa shape index (κ2) is 16.7. The third kappa shape index (κ3) is 7.48. The number of hydrogen-bond donors (Lipinski definition) is 4. The number of carbonyl (C=O) groups excluding carboxylic acids is 2. The third-order valence-electron chi connectivity index (χ3n) is 21.3. The van der Waals surface area contributed by atoms with Crippen LogP contribution in [-0.2, 0) is 23.8 Å². The number of methoxy groups -OCH3 is 1. The number of fused-ring (bicyclic) bond motifs is 10. The van der Waals surface area contributed by atoms with Gasteiger partial charge >= 0.3 is 18.4 Å². The molecule has 336 valence electrons. The number of carbonyl (C=O) groups is 2. The van der Waals surface area contributed by atoms with Crippen molar-refractivity contribution in [2.45, 2.75) is 201 Å². The molecule has 9 nitrogen and oxygen atoms in total. The predicted octanol–water partition coefficient (Wildman–Crippen LogP) is 8.82. The van der Waals surface area contributed by atoms with Gasteiger partial charge in [-0.15, -0.1) is 0 Å². The van der Waals surface area contributed by atoms with Gasteiger partial charge in [0.1, 0.15) is 0 Å². The molecule has 59 heavy (non-hydrogen) atoms. The number of aliphatic hydroxyl groups excluding tert-OH is 4. The highest BCUT2D eigenvalue weighted by Crippen LogP contribution is 2.70. The van der Waals surface area contributed by atoms with Crippen LogP contribution in [-0.4, -0.2) is 70.4 Å². The lowest BCUT2D eigenvalue weighted by atomic mass is 9.43. The molecule has 0 amide bonds. The van der Waals surface area contributed by atoms with E-state index in [4.69, 9.17) is 14.2 Å². The van der Waals surface area contributed by atoms with E-state index in [-0.39, 0.29) is 70.8 Å². The number of esters is 2.